The molecule has 0 fully saturated rings. The standard InChI is InChI=1S/C16H23NO2/c1-10(2)15(16(18)19-11(3)4)17-14-8-12(5)7-13(6)9-14/h7-11H,1-6H3. The summed E-state index contributed by atoms with van der Waals surface area (Å²) in [4.78, 5) is 16.5. The van der Waals surface area contributed by atoms with E-state index in [4.69, 9.17) is 4.74 Å². The first-order valence-electron chi connectivity index (χ1n) is 6.67. The van der Waals surface area contributed by atoms with Gasteiger partial charge in [-0.2, -0.15) is 0 Å². The summed E-state index contributed by atoms with van der Waals surface area (Å²) in [6, 6.07) is 6.02. The summed E-state index contributed by atoms with van der Waals surface area (Å²) in [5.41, 5.74) is 3.55. The van der Waals surface area contributed by atoms with E-state index in [1.165, 1.54) is 0 Å². The second kappa shape index (κ2) is 6.50. The minimum Gasteiger partial charge on any atom is -0.458 e. The Labute approximate surface area is 115 Å². The molecule has 0 aliphatic heterocycles. The topological polar surface area (TPSA) is 38.7 Å². The van der Waals surface area contributed by atoms with Gasteiger partial charge in [-0.1, -0.05) is 19.9 Å². The van der Waals surface area contributed by atoms with E-state index in [0.29, 0.717) is 5.71 Å². The van der Waals surface area contributed by atoms with E-state index in [2.05, 4.69) is 11.1 Å². The molecule has 0 spiro atoms. The Hall–Kier alpha value is -1.64. The number of ether oxygens (including phenoxy) is 1. The maximum atomic E-state index is 12.0. The van der Waals surface area contributed by atoms with Gasteiger partial charge >= 0.3 is 5.97 Å². The van der Waals surface area contributed by atoms with Crippen molar-refractivity contribution in [3.8, 4) is 0 Å². The van der Waals surface area contributed by atoms with Crippen LogP contribution in [0.3, 0.4) is 0 Å². The number of benzene rings is 1. The number of hydrogen-bond donors (Lipinski definition) is 0. The van der Waals surface area contributed by atoms with Crippen LogP contribution in [0.2, 0.25) is 0 Å². The number of aryl methyl sites for hydroxylation is 2. The highest BCUT2D eigenvalue weighted by Crippen LogP contribution is 2.19. The van der Waals surface area contributed by atoms with Crippen LogP contribution in [0.5, 0.6) is 0 Å². The van der Waals surface area contributed by atoms with E-state index < -0.39 is 0 Å². The van der Waals surface area contributed by atoms with Crippen LogP contribution in [0.15, 0.2) is 23.2 Å². The molecule has 0 radical (unpaired) electrons. The summed E-state index contributed by atoms with van der Waals surface area (Å²) in [6.45, 7) is 11.6. The van der Waals surface area contributed by atoms with Gasteiger partial charge in [-0.25, -0.2) is 9.79 Å². The van der Waals surface area contributed by atoms with E-state index in [9.17, 15) is 4.79 Å². The van der Waals surface area contributed by atoms with Gasteiger partial charge < -0.3 is 4.74 Å². The first kappa shape index (κ1) is 15.4. The van der Waals surface area contributed by atoms with Gasteiger partial charge in [0.15, 0.2) is 0 Å². The summed E-state index contributed by atoms with van der Waals surface area (Å²) in [5, 5.41) is 0. The monoisotopic (exact) mass is 261 g/mol. The van der Waals surface area contributed by atoms with Gasteiger partial charge in [-0.15, -0.1) is 0 Å². The van der Waals surface area contributed by atoms with Crippen molar-refractivity contribution in [2.75, 3.05) is 0 Å². The van der Waals surface area contributed by atoms with Crippen molar-refractivity contribution < 1.29 is 9.53 Å². The molecule has 0 N–H and O–H groups in total. The van der Waals surface area contributed by atoms with Gasteiger partial charge in [-0.3, -0.25) is 0 Å². The summed E-state index contributed by atoms with van der Waals surface area (Å²) >= 11 is 0. The van der Waals surface area contributed by atoms with Crippen molar-refractivity contribution >= 4 is 17.4 Å². The number of rotatable bonds is 4. The highest BCUT2D eigenvalue weighted by molar-refractivity contribution is 6.37. The molecular formula is C16H23NO2. The summed E-state index contributed by atoms with van der Waals surface area (Å²) in [6.07, 6.45) is -0.129. The number of esters is 1. The lowest BCUT2D eigenvalue weighted by molar-refractivity contribution is -0.139. The number of hydrogen-bond acceptors (Lipinski definition) is 3. The van der Waals surface area contributed by atoms with E-state index in [1.54, 1.807) is 0 Å². The summed E-state index contributed by atoms with van der Waals surface area (Å²) in [7, 11) is 0. The van der Waals surface area contributed by atoms with Crippen LogP contribution >= 0.6 is 0 Å². The lowest BCUT2D eigenvalue weighted by Gasteiger charge is -2.13. The molecule has 1 aromatic rings. The third kappa shape index (κ3) is 4.86. The fourth-order valence-electron chi connectivity index (χ4n) is 1.84. The highest BCUT2D eigenvalue weighted by atomic mass is 16.5. The van der Waals surface area contributed by atoms with Crippen molar-refractivity contribution in [2.45, 2.75) is 47.6 Å². The van der Waals surface area contributed by atoms with Crippen LogP contribution in [-0.4, -0.2) is 17.8 Å². The van der Waals surface area contributed by atoms with Crippen molar-refractivity contribution in [2.24, 2.45) is 10.9 Å². The molecule has 1 aromatic carbocycles. The Bertz CT molecular complexity index is 467. The first-order valence-corrected chi connectivity index (χ1v) is 6.67. The molecule has 1 rings (SSSR count). The number of carbonyl (C=O) groups is 1. The Morgan fingerprint density at radius 2 is 1.58 bits per heavy atom. The minimum absolute atomic E-state index is 0.0343. The molecule has 0 saturated carbocycles. The van der Waals surface area contributed by atoms with Crippen molar-refractivity contribution in [3.05, 3.63) is 29.3 Å². The average Bonchev–Trinajstić information content (AvgIpc) is 2.22. The SMILES string of the molecule is Cc1cc(C)cc(N=C(C(=O)OC(C)C)C(C)C)c1. The molecule has 3 nitrogen and oxygen atoms in total. The van der Waals surface area contributed by atoms with Crippen LogP contribution in [0, 0.1) is 19.8 Å². The molecule has 0 unspecified atom stereocenters. The molecule has 104 valence electrons. The van der Waals surface area contributed by atoms with Gasteiger partial charge in [0.05, 0.1) is 11.8 Å². The van der Waals surface area contributed by atoms with E-state index >= 15 is 0 Å². The van der Waals surface area contributed by atoms with Gasteiger partial charge in [0, 0.05) is 5.92 Å². The fourth-order valence-corrected chi connectivity index (χ4v) is 1.84. The Balaban J connectivity index is 3.10. The predicted molar refractivity (Wildman–Crippen MR) is 79.1 cm³/mol. The fraction of sp³-hybridized carbons (Fsp3) is 0.500. The van der Waals surface area contributed by atoms with Crippen LogP contribution < -0.4 is 0 Å². The van der Waals surface area contributed by atoms with Crippen LogP contribution in [0.4, 0.5) is 5.69 Å². The maximum Gasteiger partial charge on any atom is 0.353 e. The van der Waals surface area contributed by atoms with Gasteiger partial charge in [0.1, 0.15) is 5.71 Å². The lowest BCUT2D eigenvalue weighted by Crippen LogP contribution is -2.25. The van der Waals surface area contributed by atoms with Crippen LogP contribution in [0.25, 0.3) is 0 Å². The molecule has 0 aliphatic rings. The van der Waals surface area contributed by atoms with Crippen molar-refractivity contribution in [1.82, 2.24) is 0 Å². The molecule has 3 heteroatoms. The number of carbonyl (C=O) groups excluding carboxylic acids is 1. The molecule has 0 amide bonds. The normalized spacial score (nSPS) is 12.1. The lowest BCUT2D eigenvalue weighted by atomic mass is 10.1. The Morgan fingerprint density at radius 1 is 1.05 bits per heavy atom. The molecule has 0 aliphatic carbocycles. The van der Waals surface area contributed by atoms with Crippen LogP contribution in [0.1, 0.15) is 38.8 Å². The molecular weight excluding hydrogens is 238 g/mol. The zero-order valence-corrected chi connectivity index (χ0v) is 12.7. The van der Waals surface area contributed by atoms with E-state index in [1.807, 2.05) is 53.7 Å². The first-order chi connectivity index (χ1) is 8.79. The highest BCUT2D eigenvalue weighted by Gasteiger charge is 2.18. The summed E-state index contributed by atoms with van der Waals surface area (Å²) in [5.74, 6) is -0.295. The van der Waals surface area contributed by atoms with E-state index in [0.717, 1.165) is 16.8 Å². The third-order valence-electron chi connectivity index (χ3n) is 2.55. The number of aliphatic imine (C=N–C) groups is 1. The molecule has 0 aromatic heterocycles. The zero-order chi connectivity index (χ0) is 14.6. The molecule has 0 heterocycles. The second-order valence-electron chi connectivity index (χ2n) is 5.45. The third-order valence-corrected chi connectivity index (χ3v) is 2.55. The van der Waals surface area contributed by atoms with Crippen molar-refractivity contribution in [1.29, 1.82) is 0 Å². The van der Waals surface area contributed by atoms with Gasteiger partial charge in [0.25, 0.3) is 0 Å². The largest absolute Gasteiger partial charge is 0.458 e. The second-order valence-corrected chi connectivity index (χ2v) is 5.45. The summed E-state index contributed by atoms with van der Waals surface area (Å²) < 4.78 is 5.24. The zero-order valence-electron chi connectivity index (χ0n) is 12.7. The number of nitrogens with zero attached hydrogens (tertiary/aromatic N) is 1. The predicted octanol–water partition coefficient (Wildman–Crippen LogP) is 3.98. The average molecular weight is 261 g/mol. The maximum absolute atomic E-state index is 12.0. The minimum atomic E-state index is -0.329. The molecule has 19 heavy (non-hydrogen) atoms. The van der Waals surface area contributed by atoms with Crippen LogP contribution in [-0.2, 0) is 9.53 Å². The van der Waals surface area contributed by atoms with Crippen molar-refractivity contribution in [3.63, 3.8) is 0 Å². The molecule has 0 bridgehead atoms. The molecule has 0 atom stereocenters. The smallest absolute Gasteiger partial charge is 0.353 e. The Kier molecular flexibility index (Phi) is 5.28. The quantitative estimate of drug-likeness (QED) is 0.607. The van der Waals surface area contributed by atoms with Gasteiger partial charge in [0.2, 0.25) is 0 Å². The van der Waals surface area contributed by atoms with E-state index in [-0.39, 0.29) is 18.0 Å². The van der Waals surface area contributed by atoms with Gasteiger partial charge in [-0.05, 0) is 51.0 Å². The molecule has 0 saturated heterocycles. The Morgan fingerprint density at radius 3 is 2.00 bits per heavy atom.